The highest BCUT2D eigenvalue weighted by molar-refractivity contribution is 5.45. The Hall–Kier alpha value is -4.14. The van der Waals surface area contributed by atoms with Crippen molar-refractivity contribution in [3.8, 4) is 0 Å². The topological polar surface area (TPSA) is 56.1 Å². The minimum absolute atomic E-state index is 0.00576. The molecule has 4 aromatic rings. The maximum absolute atomic E-state index is 13.9. The van der Waals surface area contributed by atoms with Crippen LogP contribution in [0.1, 0.15) is 57.5 Å². The summed E-state index contributed by atoms with van der Waals surface area (Å²) in [7, 11) is 1.37. The molecule has 0 saturated heterocycles. The maximum atomic E-state index is 13.9. The molecule has 1 atom stereocenters. The molecule has 1 aromatic heterocycles. The van der Waals surface area contributed by atoms with E-state index < -0.39 is 60.0 Å². The molecule has 0 aliphatic carbocycles. The Morgan fingerprint density at radius 1 is 0.773 bits per heavy atom. The van der Waals surface area contributed by atoms with Crippen LogP contribution < -0.4 is 4.90 Å². The molecule has 0 aliphatic heterocycles. The average Bonchev–Trinajstić information content (AvgIpc) is 3.36. The van der Waals surface area contributed by atoms with Gasteiger partial charge in [-0.25, -0.2) is 0 Å². The van der Waals surface area contributed by atoms with Gasteiger partial charge < -0.3 is 9.64 Å². The van der Waals surface area contributed by atoms with Gasteiger partial charge in [-0.05, 0) is 77.2 Å². The van der Waals surface area contributed by atoms with E-state index in [9.17, 15) is 39.5 Å². The molecule has 6 nitrogen and oxygen atoms in total. The SMILES string of the molecule is CCOC(c1ccccc1C)c1ccc(C(F)(F)F)cc1CN(Cc1cc(C(F)(F)F)cc(C(F)(F)F)c1)c1nnn(C)n1. The van der Waals surface area contributed by atoms with Crippen molar-refractivity contribution >= 4 is 5.95 Å². The predicted molar refractivity (Wildman–Crippen MR) is 141 cm³/mol. The Kier molecular flexibility index (Phi) is 9.28. The lowest BCUT2D eigenvalue weighted by Gasteiger charge is -2.27. The van der Waals surface area contributed by atoms with Crippen LogP contribution in [0, 0.1) is 6.92 Å². The molecule has 236 valence electrons. The van der Waals surface area contributed by atoms with Crippen LogP contribution in [0.25, 0.3) is 0 Å². The Balaban J connectivity index is 1.88. The van der Waals surface area contributed by atoms with E-state index >= 15 is 0 Å². The van der Waals surface area contributed by atoms with E-state index in [1.807, 2.05) is 0 Å². The molecule has 15 heteroatoms. The number of tetrazole rings is 1. The van der Waals surface area contributed by atoms with Crippen LogP contribution in [-0.4, -0.2) is 26.8 Å². The number of hydrogen-bond donors (Lipinski definition) is 0. The Labute approximate surface area is 246 Å². The van der Waals surface area contributed by atoms with E-state index in [2.05, 4.69) is 15.4 Å². The number of alkyl halides is 9. The summed E-state index contributed by atoms with van der Waals surface area (Å²) in [6.45, 7) is 2.61. The minimum Gasteiger partial charge on any atom is -0.369 e. The highest BCUT2D eigenvalue weighted by Crippen LogP contribution is 2.39. The second kappa shape index (κ2) is 12.5. The predicted octanol–water partition coefficient (Wildman–Crippen LogP) is 7.91. The lowest BCUT2D eigenvalue weighted by molar-refractivity contribution is -0.143. The van der Waals surface area contributed by atoms with Gasteiger partial charge in [0.25, 0.3) is 5.95 Å². The lowest BCUT2D eigenvalue weighted by atomic mass is 9.92. The van der Waals surface area contributed by atoms with E-state index in [-0.39, 0.29) is 24.2 Å². The molecule has 3 aromatic carbocycles. The van der Waals surface area contributed by atoms with Gasteiger partial charge in [-0.15, -0.1) is 5.10 Å². The van der Waals surface area contributed by atoms with Crippen molar-refractivity contribution in [3.63, 3.8) is 0 Å². The number of halogens is 9. The van der Waals surface area contributed by atoms with Crippen LogP contribution in [0.5, 0.6) is 0 Å². The van der Waals surface area contributed by atoms with Crippen LogP contribution in [-0.2, 0) is 43.4 Å². The summed E-state index contributed by atoms with van der Waals surface area (Å²) in [5.74, 6) is -0.231. The molecule has 0 radical (unpaired) electrons. The standard InChI is InChI=1S/C29H26F9N5O/c1-4-44-25(23-8-6-5-7-17(23)2)24-10-9-20(27(30,31)32)13-19(24)16-43(26-39-41-42(3)40-26)15-18-11-21(28(33,34)35)14-22(12-18)29(36,37)38/h5-14,25H,4,15-16H2,1-3H3. The van der Waals surface area contributed by atoms with Crippen molar-refractivity contribution in [1.29, 1.82) is 0 Å². The molecule has 0 spiro atoms. The maximum Gasteiger partial charge on any atom is 0.416 e. The first-order valence-electron chi connectivity index (χ1n) is 13.1. The number of anilines is 1. The van der Waals surface area contributed by atoms with Gasteiger partial charge in [0.15, 0.2) is 0 Å². The molecule has 0 amide bonds. The van der Waals surface area contributed by atoms with Crippen molar-refractivity contribution in [3.05, 3.63) is 105 Å². The highest BCUT2D eigenvalue weighted by Gasteiger charge is 2.37. The summed E-state index contributed by atoms with van der Waals surface area (Å²) in [5.41, 5.74) is -2.72. The zero-order valence-electron chi connectivity index (χ0n) is 23.5. The first-order valence-corrected chi connectivity index (χ1v) is 13.1. The zero-order chi connectivity index (χ0) is 32.4. The minimum atomic E-state index is -5.10. The van der Waals surface area contributed by atoms with Gasteiger partial charge in [0, 0.05) is 19.7 Å². The first-order chi connectivity index (χ1) is 20.5. The number of nitrogens with zero attached hydrogens (tertiary/aromatic N) is 5. The monoisotopic (exact) mass is 631 g/mol. The van der Waals surface area contributed by atoms with E-state index in [1.165, 1.54) is 13.1 Å². The van der Waals surface area contributed by atoms with Crippen molar-refractivity contribution < 1.29 is 44.3 Å². The number of hydrogen-bond acceptors (Lipinski definition) is 5. The van der Waals surface area contributed by atoms with E-state index in [1.54, 1.807) is 38.1 Å². The van der Waals surface area contributed by atoms with Crippen LogP contribution in [0.15, 0.2) is 60.7 Å². The van der Waals surface area contributed by atoms with Crippen molar-refractivity contribution in [2.24, 2.45) is 7.05 Å². The van der Waals surface area contributed by atoms with Crippen LogP contribution in [0.3, 0.4) is 0 Å². The number of benzene rings is 3. The van der Waals surface area contributed by atoms with Crippen LogP contribution in [0.4, 0.5) is 45.5 Å². The fraction of sp³-hybridized carbons (Fsp3) is 0.345. The molecular formula is C29H26F9N5O. The second-order valence-corrected chi connectivity index (χ2v) is 9.95. The molecule has 0 bridgehead atoms. The van der Waals surface area contributed by atoms with E-state index in [0.717, 1.165) is 27.4 Å². The van der Waals surface area contributed by atoms with Crippen LogP contribution >= 0.6 is 0 Å². The Morgan fingerprint density at radius 2 is 1.39 bits per heavy atom. The van der Waals surface area contributed by atoms with Crippen molar-refractivity contribution in [2.75, 3.05) is 11.5 Å². The van der Waals surface area contributed by atoms with Gasteiger partial charge in [0.1, 0.15) is 6.10 Å². The number of aromatic nitrogens is 4. The zero-order valence-corrected chi connectivity index (χ0v) is 23.5. The number of rotatable bonds is 9. The van der Waals surface area contributed by atoms with Crippen molar-refractivity contribution in [2.45, 2.75) is 51.6 Å². The van der Waals surface area contributed by atoms with Gasteiger partial charge in [0.05, 0.1) is 23.7 Å². The Morgan fingerprint density at radius 3 is 1.91 bits per heavy atom. The highest BCUT2D eigenvalue weighted by atomic mass is 19.4. The summed E-state index contributed by atoms with van der Waals surface area (Å²) >= 11 is 0. The molecule has 1 heterocycles. The molecule has 44 heavy (non-hydrogen) atoms. The number of ether oxygens (including phenoxy) is 1. The van der Waals surface area contributed by atoms with Gasteiger partial charge in [-0.1, -0.05) is 35.4 Å². The van der Waals surface area contributed by atoms with E-state index in [0.29, 0.717) is 23.3 Å². The Bertz CT molecular complexity index is 1560. The lowest BCUT2D eigenvalue weighted by Crippen LogP contribution is -2.26. The summed E-state index contributed by atoms with van der Waals surface area (Å²) < 4.78 is 129. The van der Waals surface area contributed by atoms with Crippen molar-refractivity contribution in [1.82, 2.24) is 20.2 Å². The summed E-state index contributed by atoms with van der Waals surface area (Å²) in [6.07, 6.45) is -15.8. The summed E-state index contributed by atoms with van der Waals surface area (Å²) in [5, 5.41) is 11.5. The third kappa shape index (κ3) is 7.68. The summed E-state index contributed by atoms with van der Waals surface area (Å²) in [4.78, 5) is 2.15. The van der Waals surface area contributed by atoms with Crippen LogP contribution in [0.2, 0.25) is 0 Å². The average molecular weight is 632 g/mol. The van der Waals surface area contributed by atoms with Gasteiger partial charge in [-0.3, -0.25) is 0 Å². The van der Waals surface area contributed by atoms with Gasteiger partial charge >= 0.3 is 18.5 Å². The quantitative estimate of drug-likeness (QED) is 0.176. The molecule has 0 N–H and O–H groups in total. The molecule has 0 fully saturated rings. The van der Waals surface area contributed by atoms with Gasteiger partial charge in [-0.2, -0.15) is 44.3 Å². The molecule has 0 aliphatic rings. The van der Waals surface area contributed by atoms with E-state index in [4.69, 9.17) is 4.74 Å². The molecule has 4 rings (SSSR count). The third-order valence-corrected chi connectivity index (χ3v) is 6.72. The molecule has 0 saturated carbocycles. The fourth-order valence-corrected chi connectivity index (χ4v) is 4.70. The number of aryl methyl sites for hydroxylation is 2. The first kappa shape index (κ1) is 32.8. The third-order valence-electron chi connectivity index (χ3n) is 6.72. The molecular weight excluding hydrogens is 605 g/mol. The largest absolute Gasteiger partial charge is 0.416 e. The molecule has 1 unspecified atom stereocenters. The smallest absolute Gasteiger partial charge is 0.369 e. The normalized spacial score (nSPS) is 13.3. The second-order valence-electron chi connectivity index (χ2n) is 9.95. The fourth-order valence-electron chi connectivity index (χ4n) is 4.70. The summed E-state index contributed by atoms with van der Waals surface area (Å²) in [6, 6.07) is 11.2. The van der Waals surface area contributed by atoms with Gasteiger partial charge in [0.2, 0.25) is 0 Å².